The van der Waals surface area contributed by atoms with Crippen LogP contribution in [0.15, 0.2) is 28.6 Å². The smallest absolute Gasteiger partial charge is 0.329 e. The monoisotopic (exact) mass is 504 g/mol. The summed E-state index contributed by atoms with van der Waals surface area (Å²) in [5.74, 6) is -0.526. The molecule has 0 aliphatic heterocycles. The first-order chi connectivity index (χ1) is 16.3. The van der Waals surface area contributed by atoms with Crippen LogP contribution in [0.25, 0.3) is 0 Å². The Balaban J connectivity index is 1.60. The highest BCUT2D eigenvalue weighted by atomic mass is 32.2. The molecule has 1 unspecified atom stereocenters. The number of hydrogen-bond donors (Lipinski definition) is 3. The highest BCUT2D eigenvalue weighted by molar-refractivity contribution is 8.01. The Hall–Kier alpha value is -2.92. The fourth-order valence-corrected chi connectivity index (χ4v) is 5.63. The Morgan fingerprint density at radius 1 is 1.21 bits per heavy atom. The maximum Gasteiger partial charge on any atom is 0.329 e. The topological polar surface area (TPSA) is 126 Å². The molecule has 3 N–H and O–H groups in total. The summed E-state index contributed by atoms with van der Waals surface area (Å²) >= 11 is 2.55. The predicted molar refractivity (Wildman–Crippen MR) is 133 cm³/mol. The molecule has 1 aromatic carbocycles. The summed E-state index contributed by atoms with van der Waals surface area (Å²) in [6.45, 7) is 3.25. The van der Waals surface area contributed by atoms with Crippen molar-refractivity contribution in [1.29, 1.82) is 0 Å². The Bertz CT molecular complexity index is 1070. The number of anilines is 2. The van der Waals surface area contributed by atoms with Gasteiger partial charge >= 0.3 is 12.0 Å². The Labute approximate surface area is 206 Å². The van der Waals surface area contributed by atoms with Gasteiger partial charge in [0.15, 0.2) is 10.9 Å². The molecule has 0 bridgehead atoms. The van der Waals surface area contributed by atoms with E-state index in [1.54, 1.807) is 12.3 Å². The summed E-state index contributed by atoms with van der Waals surface area (Å²) < 4.78 is 5.47. The fraction of sp³-hybridized carbons (Fsp3) is 0.435. The lowest BCUT2D eigenvalue weighted by atomic mass is 9.94. The van der Waals surface area contributed by atoms with Crippen molar-refractivity contribution in [2.75, 3.05) is 23.5 Å². The number of esters is 1. The number of aromatic nitrogens is 1. The maximum atomic E-state index is 13.0. The van der Waals surface area contributed by atoms with E-state index in [1.807, 2.05) is 19.1 Å². The van der Waals surface area contributed by atoms with Crippen LogP contribution in [0.2, 0.25) is 0 Å². The second kappa shape index (κ2) is 12.0. The normalized spacial score (nSPS) is 14.3. The first kappa shape index (κ1) is 25.7. The molecular formula is C23H28N4O5S2. The van der Waals surface area contributed by atoms with Crippen LogP contribution in [-0.4, -0.2) is 47.6 Å². The lowest BCUT2D eigenvalue weighted by Gasteiger charge is -2.14. The minimum atomic E-state index is -0.785. The molecule has 34 heavy (non-hydrogen) atoms. The van der Waals surface area contributed by atoms with E-state index < -0.39 is 18.0 Å². The Kier molecular flexibility index (Phi) is 9.05. The van der Waals surface area contributed by atoms with Crippen LogP contribution in [0.5, 0.6) is 0 Å². The number of carbonyl (C=O) groups is 4. The van der Waals surface area contributed by atoms with E-state index in [0.717, 1.165) is 35.5 Å². The van der Waals surface area contributed by atoms with Gasteiger partial charge in [-0.1, -0.05) is 35.8 Å². The summed E-state index contributed by atoms with van der Waals surface area (Å²) in [5, 5.41) is 8.37. The van der Waals surface area contributed by atoms with Gasteiger partial charge in [0.1, 0.15) is 6.04 Å². The van der Waals surface area contributed by atoms with Crippen LogP contribution in [0, 0.1) is 12.8 Å². The number of aryl methyl sites for hydroxylation is 1. The lowest BCUT2D eigenvalue weighted by molar-refractivity contribution is -0.144. The van der Waals surface area contributed by atoms with E-state index in [9.17, 15) is 19.2 Å². The third kappa shape index (κ3) is 7.04. The Morgan fingerprint density at radius 3 is 2.62 bits per heavy atom. The first-order valence-corrected chi connectivity index (χ1v) is 12.7. The third-order valence-corrected chi connectivity index (χ3v) is 7.58. The summed E-state index contributed by atoms with van der Waals surface area (Å²) in [6.07, 6.45) is 5.46. The summed E-state index contributed by atoms with van der Waals surface area (Å²) in [6, 6.07) is 4.13. The van der Waals surface area contributed by atoms with Gasteiger partial charge in [0.25, 0.3) is 0 Å². The largest absolute Gasteiger partial charge is 0.467 e. The van der Waals surface area contributed by atoms with Crippen LogP contribution >= 0.6 is 23.1 Å². The Morgan fingerprint density at radius 2 is 1.94 bits per heavy atom. The lowest BCUT2D eigenvalue weighted by Crippen LogP contribution is -2.42. The number of benzene rings is 1. The number of carbonyl (C=O) groups excluding carboxylic acids is 4. The molecule has 1 fully saturated rings. The number of methoxy groups -OCH3 is 1. The van der Waals surface area contributed by atoms with E-state index in [2.05, 4.69) is 20.9 Å². The average Bonchev–Trinajstić information content (AvgIpc) is 3.49. The molecule has 9 nitrogen and oxygen atoms in total. The van der Waals surface area contributed by atoms with E-state index in [1.165, 1.54) is 37.1 Å². The van der Waals surface area contributed by atoms with Crippen LogP contribution < -0.4 is 16.0 Å². The molecule has 3 rings (SSSR count). The quantitative estimate of drug-likeness (QED) is 0.265. The standard InChI is InChI=1S/C23H28N4O5S2/c1-13-8-9-17(16(10-13)20(29)15-6-4-5-7-15)26-22(31)27-23-24-11-19(34-23)33-12-18(21(30)32-3)25-14(2)28/h8-11,15,18H,4-7,12H2,1-3H3,(H,25,28)(H2,24,26,27,31). The fourth-order valence-electron chi connectivity index (χ4n) is 3.74. The molecule has 0 spiro atoms. The van der Waals surface area contributed by atoms with Gasteiger partial charge in [0.2, 0.25) is 5.91 Å². The van der Waals surface area contributed by atoms with Crippen molar-refractivity contribution < 1.29 is 23.9 Å². The molecule has 182 valence electrons. The van der Waals surface area contributed by atoms with Gasteiger partial charge in [0.05, 0.1) is 23.2 Å². The highest BCUT2D eigenvalue weighted by Gasteiger charge is 2.26. The zero-order valence-corrected chi connectivity index (χ0v) is 20.9. The van der Waals surface area contributed by atoms with E-state index >= 15 is 0 Å². The number of Topliss-reactive ketones (excluding diaryl/α,β-unsaturated/α-hetero) is 1. The SMILES string of the molecule is COC(=O)C(CSc1cnc(NC(=O)Nc2ccc(C)cc2C(=O)C2CCCC2)s1)NC(C)=O. The minimum Gasteiger partial charge on any atom is -0.467 e. The number of amides is 3. The van der Waals surface area contributed by atoms with E-state index in [-0.39, 0.29) is 23.4 Å². The molecule has 1 aromatic heterocycles. The number of ketones is 1. The number of thiazole rings is 1. The van der Waals surface area contributed by atoms with Crippen molar-refractivity contribution >= 4 is 57.6 Å². The van der Waals surface area contributed by atoms with E-state index in [0.29, 0.717) is 16.4 Å². The molecule has 1 aliphatic rings. The van der Waals surface area contributed by atoms with Gasteiger partial charge in [-0.3, -0.25) is 14.9 Å². The van der Waals surface area contributed by atoms with Gasteiger partial charge < -0.3 is 15.4 Å². The number of rotatable bonds is 9. The van der Waals surface area contributed by atoms with Gasteiger partial charge in [-0.25, -0.2) is 14.6 Å². The third-order valence-electron chi connectivity index (χ3n) is 5.38. The molecule has 0 radical (unpaired) electrons. The molecule has 0 saturated heterocycles. The predicted octanol–water partition coefficient (Wildman–Crippen LogP) is 4.24. The number of nitrogens with zero attached hydrogens (tertiary/aromatic N) is 1. The van der Waals surface area contributed by atoms with Crippen molar-refractivity contribution in [3.05, 3.63) is 35.5 Å². The van der Waals surface area contributed by atoms with Gasteiger partial charge in [-0.05, 0) is 31.9 Å². The first-order valence-electron chi connectivity index (χ1n) is 10.9. The molecule has 1 heterocycles. The van der Waals surface area contributed by atoms with E-state index in [4.69, 9.17) is 4.74 Å². The zero-order chi connectivity index (χ0) is 24.7. The van der Waals surface area contributed by atoms with Crippen molar-refractivity contribution in [3.8, 4) is 0 Å². The molecule has 11 heteroatoms. The van der Waals surface area contributed by atoms with Crippen molar-refractivity contribution in [2.24, 2.45) is 5.92 Å². The molecular weight excluding hydrogens is 476 g/mol. The molecule has 2 aromatic rings. The number of nitrogens with one attached hydrogen (secondary N) is 3. The molecule has 1 aliphatic carbocycles. The van der Waals surface area contributed by atoms with Crippen LogP contribution in [0.1, 0.15) is 48.5 Å². The highest BCUT2D eigenvalue weighted by Crippen LogP contribution is 2.32. The summed E-state index contributed by atoms with van der Waals surface area (Å²) in [7, 11) is 1.26. The summed E-state index contributed by atoms with van der Waals surface area (Å²) in [5.41, 5.74) is 1.96. The number of hydrogen-bond acceptors (Lipinski definition) is 8. The van der Waals surface area contributed by atoms with Crippen molar-refractivity contribution in [3.63, 3.8) is 0 Å². The molecule has 1 atom stereocenters. The van der Waals surface area contributed by atoms with Crippen LogP contribution in [-0.2, 0) is 14.3 Å². The van der Waals surface area contributed by atoms with Gasteiger partial charge in [0, 0.05) is 24.2 Å². The number of urea groups is 1. The molecule has 3 amide bonds. The zero-order valence-electron chi connectivity index (χ0n) is 19.3. The second-order valence-corrected chi connectivity index (χ2v) is 10.4. The van der Waals surface area contributed by atoms with Crippen LogP contribution in [0.4, 0.5) is 15.6 Å². The van der Waals surface area contributed by atoms with Crippen molar-refractivity contribution in [2.45, 2.75) is 49.8 Å². The van der Waals surface area contributed by atoms with Crippen molar-refractivity contribution in [1.82, 2.24) is 10.3 Å². The number of thioether (sulfide) groups is 1. The average molecular weight is 505 g/mol. The minimum absolute atomic E-state index is 0.00950. The summed E-state index contributed by atoms with van der Waals surface area (Å²) in [4.78, 5) is 52.9. The molecule has 1 saturated carbocycles. The number of ether oxygens (including phenoxy) is 1. The van der Waals surface area contributed by atoms with Crippen LogP contribution in [0.3, 0.4) is 0 Å². The second-order valence-electron chi connectivity index (χ2n) is 8.05. The van der Waals surface area contributed by atoms with Gasteiger partial charge in [-0.15, -0.1) is 11.8 Å². The van der Waals surface area contributed by atoms with Gasteiger partial charge in [-0.2, -0.15) is 0 Å². The maximum absolute atomic E-state index is 13.0.